The number of nitrogens with one attached hydrogen (secondary N) is 1. The first kappa shape index (κ1) is 24.6. The Morgan fingerprint density at radius 1 is 1.23 bits per heavy atom. The van der Waals surface area contributed by atoms with E-state index in [1.807, 2.05) is 13.0 Å². The van der Waals surface area contributed by atoms with E-state index in [1.165, 1.54) is 7.05 Å². The zero-order valence-corrected chi connectivity index (χ0v) is 18.6. The van der Waals surface area contributed by atoms with E-state index in [9.17, 15) is 17.2 Å². The Hall–Kier alpha value is -2.65. The van der Waals surface area contributed by atoms with Crippen molar-refractivity contribution in [3.05, 3.63) is 66.8 Å². The zero-order chi connectivity index (χ0) is 23.1. The van der Waals surface area contributed by atoms with Crippen LogP contribution in [0, 0.1) is 11.6 Å². The molecule has 0 spiro atoms. The maximum absolute atomic E-state index is 13.8. The van der Waals surface area contributed by atoms with E-state index < -0.39 is 27.5 Å². The van der Waals surface area contributed by atoms with Gasteiger partial charge in [-0.05, 0) is 56.9 Å². The summed E-state index contributed by atoms with van der Waals surface area (Å²) in [6, 6.07) is 9.04. The van der Waals surface area contributed by atoms with E-state index in [-0.39, 0.29) is 5.54 Å². The first-order valence-electron chi connectivity index (χ1n) is 9.88. The van der Waals surface area contributed by atoms with Crippen molar-refractivity contribution in [2.24, 2.45) is 5.73 Å². The van der Waals surface area contributed by atoms with E-state index in [0.29, 0.717) is 18.0 Å². The molecular weight excluding hydrogens is 424 g/mol. The molecule has 0 fully saturated rings. The molecule has 2 rings (SSSR count). The fourth-order valence-corrected chi connectivity index (χ4v) is 3.91. The van der Waals surface area contributed by atoms with Gasteiger partial charge in [0.05, 0.1) is 18.0 Å². The van der Waals surface area contributed by atoms with Crippen LogP contribution in [0.4, 0.5) is 20.2 Å². The lowest BCUT2D eigenvalue weighted by molar-refractivity contribution is 0.295. The molecule has 0 radical (unpaired) electrons. The lowest BCUT2D eigenvalue weighted by Gasteiger charge is -2.23. The standard InChI is InChI=1S/C22H29F2N3O3S/c1-4-12-22(2,25)13-5-6-14-30-19-9-7-8-18(16-19)27(3)31(28,29)26-21-15-17(23)10-11-20(21)24/h4,7-11,15-16,26H,1,5-6,12-14,25H2,2-3H3. The van der Waals surface area contributed by atoms with Gasteiger partial charge in [0.15, 0.2) is 0 Å². The van der Waals surface area contributed by atoms with Gasteiger partial charge in [0.2, 0.25) is 0 Å². The molecule has 0 heterocycles. The number of anilines is 2. The van der Waals surface area contributed by atoms with Gasteiger partial charge in [0.25, 0.3) is 0 Å². The van der Waals surface area contributed by atoms with Gasteiger partial charge in [-0.3, -0.25) is 9.03 Å². The minimum absolute atomic E-state index is 0.285. The van der Waals surface area contributed by atoms with Crippen molar-refractivity contribution >= 4 is 21.6 Å². The smallest absolute Gasteiger partial charge is 0.323 e. The van der Waals surface area contributed by atoms with Gasteiger partial charge in [-0.15, -0.1) is 6.58 Å². The summed E-state index contributed by atoms with van der Waals surface area (Å²) < 4.78 is 61.0. The highest BCUT2D eigenvalue weighted by atomic mass is 32.2. The van der Waals surface area contributed by atoms with E-state index in [2.05, 4.69) is 11.3 Å². The highest BCUT2D eigenvalue weighted by Gasteiger charge is 2.21. The molecule has 0 amide bonds. The summed E-state index contributed by atoms with van der Waals surface area (Å²) in [6.45, 7) is 6.15. The monoisotopic (exact) mass is 453 g/mol. The second kappa shape index (κ2) is 10.6. The largest absolute Gasteiger partial charge is 0.494 e. The maximum atomic E-state index is 13.8. The van der Waals surface area contributed by atoms with Crippen LogP contribution in [0.25, 0.3) is 0 Å². The van der Waals surface area contributed by atoms with Crippen molar-refractivity contribution in [3.63, 3.8) is 0 Å². The number of halogens is 2. The number of hydrogen-bond acceptors (Lipinski definition) is 4. The molecule has 0 aliphatic carbocycles. The van der Waals surface area contributed by atoms with E-state index in [1.54, 1.807) is 24.3 Å². The third-order valence-electron chi connectivity index (χ3n) is 4.73. The average molecular weight is 454 g/mol. The molecule has 1 atom stereocenters. The van der Waals surface area contributed by atoms with Gasteiger partial charge in [0.1, 0.15) is 17.4 Å². The molecule has 0 saturated heterocycles. The highest BCUT2D eigenvalue weighted by molar-refractivity contribution is 7.94. The van der Waals surface area contributed by atoms with Gasteiger partial charge in [-0.25, -0.2) is 8.78 Å². The van der Waals surface area contributed by atoms with Gasteiger partial charge in [-0.1, -0.05) is 12.1 Å². The first-order valence-corrected chi connectivity index (χ1v) is 11.3. The Morgan fingerprint density at radius 2 is 1.97 bits per heavy atom. The lowest BCUT2D eigenvalue weighted by Crippen LogP contribution is -2.35. The number of nitrogens with two attached hydrogens (primary N) is 1. The number of benzene rings is 2. The summed E-state index contributed by atoms with van der Waals surface area (Å²) >= 11 is 0. The predicted octanol–water partition coefficient (Wildman–Crippen LogP) is 4.60. The van der Waals surface area contributed by atoms with Crippen LogP contribution in [0.5, 0.6) is 5.75 Å². The molecule has 0 aliphatic rings. The molecule has 0 bridgehead atoms. The second-order valence-electron chi connectivity index (χ2n) is 7.65. The minimum Gasteiger partial charge on any atom is -0.494 e. The maximum Gasteiger partial charge on any atom is 0.323 e. The third kappa shape index (κ3) is 7.52. The molecule has 6 nitrogen and oxygen atoms in total. The quantitative estimate of drug-likeness (QED) is 0.363. The third-order valence-corrected chi connectivity index (χ3v) is 6.14. The van der Waals surface area contributed by atoms with Crippen molar-refractivity contribution in [2.45, 2.75) is 38.1 Å². The van der Waals surface area contributed by atoms with Gasteiger partial charge >= 0.3 is 10.2 Å². The summed E-state index contributed by atoms with van der Waals surface area (Å²) in [6.07, 6.45) is 5.07. The highest BCUT2D eigenvalue weighted by Crippen LogP contribution is 2.25. The summed E-state index contributed by atoms with van der Waals surface area (Å²) in [7, 11) is -2.87. The molecule has 2 aromatic rings. The van der Waals surface area contributed by atoms with Crippen LogP contribution >= 0.6 is 0 Å². The lowest BCUT2D eigenvalue weighted by atomic mass is 9.93. The molecular formula is C22H29F2N3O3S. The number of hydrogen-bond donors (Lipinski definition) is 2. The number of nitrogens with zero attached hydrogens (tertiary/aromatic N) is 1. The Morgan fingerprint density at radius 3 is 2.68 bits per heavy atom. The molecule has 9 heteroatoms. The van der Waals surface area contributed by atoms with Crippen LogP contribution < -0.4 is 19.5 Å². The molecule has 3 N–H and O–H groups in total. The SMILES string of the molecule is C=CCC(C)(N)CCCCOc1cccc(N(C)S(=O)(=O)Nc2cc(F)ccc2F)c1. The predicted molar refractivity (Wildman–Crippen MR) is 120 cm³/mol. The molecule has 0 aliphatic heterocycles. The summed E-state index contributed by atoms with van der Waals surface area (Å²) in [5.41, 5.74) is 5.72. The fourth-order valence-electron chi connectivity index (χ4n) is 2.94. The number of ether oxygens (including phenoxy) is 1. The Labute approximate surface area is 182 Å². The Balaban J connectivity index is 1.97. The topological polar surface area (TPSA) is 84.7 Å². The normalized spacial score (nSPS) is 13.3. The molecule has 31 heavy (non-hydrogen) atoms. The minimum atomic E-state index is -4.17. The first-order chi connectivity index (χ1) is 14.5. The van der Waals surface area contributed by atoms with Crippen molar-refractivity contribution in [1.82, 2.24) is 0 Å². The van der Waals surface area contributed by atoms with Gasteiger partial charge in [-0.2, -0.15) is 8.42 Å². The second-order valence-corrected chi connectivity index (χ2v) is 9.35. The Kier molecular flexibility index (Phi) is 8.41. The Bertz CT molecular complexity index is 997. The molecule has 1 unspecified atom stereocenters. The van der Waals surface area contributed by atoms with Gasteiger partial charge < -0.3 is 10.5 Å². The van der Waals surface area contributed by atoms with Crippen LogP contribution in [0.15, 0.2) is 55.1 Å². The van der Waals surface area contributed by atoms with Crippen LogP contribution in [-0.2, 0) is 10.2 Å². The fraction of sp³-hybridized carbons (Fsp3) is 0.364. The van der Waals surface area contributed by atoms with Crippen LogP contribution in [0.2, 0.25) is 0 Å². The van der Waals surface area contributed by atoms with Crippen molar-refractivity contribution in [2.75, 3.05) is 22.7 Å². The van der Waals surface area contributed by atoms with Crippen molar-refractivity contribution < 1.29 is 21.9 Å². The van der Waals surface area contributed by atoms with Gasteiger partial charge in [0, 0.05) is 24.7 Å². The van der Waals surface area contributed by atoms with Crippen LogP contribution in [0.1, 0.15) is 32.6 Å². The molecule has 2 aromatic carbocycles. The van der Waals surface area contributed by atoms with E-state index in [4.69, 9.17) is 10.5 Å². The summed E-state index contributed by atoms with van der Waals surface area (Å²) in [5, 5.41) is 0. The van der Waals surface area contributed by atoms with Crippen LogP contribution in [0.3, 0.4) is 0 Å². The molecule has 0 aromatic heterocycles. The average Bonchev–Trinajstić information content (AvgIpc) is 2.70. The molecule has 0 saturated carbocycles. The summed E-state index contributed by atoms with van der Waals surface area (Å²) in [5.74, 6) is -1.13. The summed E-state index contributed by atoms with van der Waals surface area (Å²) in [4.78, 5) is 0. The van der Waals surface area contributed by atoms with Crippen molar-refractivity contribution in [3.8, 4) is 5.75 Å². The van der Waals surface area contributed by atoms with E-state index in [0.717, 1.165) is 48.2 Å². The van der Waals surface area contributed by atoms with Crippen molar-refractivity contribution in [1.29, 1.82) is 0 Å². The van der Waals surface area contributed by atoms with E-state index >= 15 is 0 Å². The number of rotatable bonds is 12. The zero-order valence-electron chi connectivity index (χ0n) is 17.8. The molecule has 170 valence electrons. The van der Waals surface area contributed by atoms with Crippen LogP contribution in [-0.4, -0.2) is 27.6 Å². The number of unbranched alkanes of at least 4 members (excludes halogenated alkanes) is 1.